The van der Waals surface area contributed by atoms with Crippen molar-refractivity contribution in [1.82, 2.24) is 9.97 Å². The first-order valence-corrected chi connectivity index (χ1v) is 7.29. The van der Waals surface area contributed by atoms with E-state index in [2.05, 4.69) is 14.7 Å². The van der Waals surface area contributed by atoms with E-state index < -0.39 is 12.6 Å². The zero-order valence-electron chi connectivity index (χ0n) is 11.5. The molecule has 0 aliphatic rings. The van der Waals surface area contributed by atoms with Crippen molar-refractivity contribution >= 4 is 28.8 Å². The van der Waals surface area contributed by atoms with Crippen LogP contribution in [0.1, 0.15) is 10.4 Å². The van der Waals surface area contributed by atoms with Crippen LogP contribution in [-0.2, 0) is 0 Å². The van der Waals surface area contributed by atoms with Crippen molar-refractivity contribution in [3.8, 4) is 5.75 Å². The highest BCUT2D eigenvalue weighted by atomic mass is 32.2. The van der Waals surface area contributed by atoms with Crippen LogP contribution < -0.4 is 4.74 Å². The second-order valence-corrected chi connectivity index (χ2v) is 5.59. The largest absolute Gasteiger partial charge is 0.478 e. The maximum Gasteiger partial charge on any atom is 0.387 e. The Morgan fingerprint density at radius 3 is 2.61 bits per heavy atom. The lowest BCUT2D eigenvalue weighted by molar-refractivity contribution is -0.0497. The molecule has 0 fully saturated rings. The number of hydrogen-bond donors (Lipinski definition) is 2. The minimum atomic E-state index is -2.88. The Balaban J connectivity index is 1.81. The minimum Gasteiger partial charge on any atom is -0.478 e. The molecule has 2 aromatic carbocycles. The number of benzene rings is 2. The van der Waals surface area contributed by atoms with Crippen molar-refractivity contribution in [3.63, 3.8) is 0 Å². The lowest BCUT2D eigenvalue weighted by Crippen LogP contribution is -2.01. The zero-order valence-corrected chi connectivity index (χ0v) is 12.3. The third kappa shape index (κ3) is 3.59. The minimum absolute atomic E-state index is 0.0542. The van der Waals surface area contributed by atoms with Gasteiger partial charge in [0.1, 0.15) is 5.75 Å². The van der Waals surface area contributed by atoms with Gasteiger partial charge in [-0.1, -0.05) is 11.8 Å². The van der Waals surface area contributed by atoms with Crippen LogP contribution in [0.5, 0.6) is 5.75 Å². The van der Waals surface area contributed by atoms with E-state index in [9.17, 15) is 13.6 Å². The van der Waals surface area contributed by atoms with E-state index in [4.69, 9.17) is 5.11 Å². The first kappa shape index (κ1) is 15.3. The molecule has 0 unspecified atom stereocenters. The number of alkyl halides is 2. The van der Waals surface area contributed by atoms with Crippen LogP contribution in [0.25, 0.3) is 11.0 Å². The van der Waals surface area contributed by atoms with Crippen molar-refractivity contribution in [3.05, 3.63) is 48.0 Å². The molecular formula is C15H10F2N2O3S. The molecule has 0 amide bonds. The van der Waals surface area contributed by atoms with Crippen molar-refractivity contribution < 1.29 is 23.4 Å². The van der Waals surface area contributed by atoms with Crippen LogP contribution in [0, 0.1) is 0 Å². The highest BCUT2D eigenvalue weighted by molar-refractivity contribution is 7.99. The number of aromatic amines is 1. The Morgan fingerprint density at radius 2 is 1.96 bits per heavy atom. The highest BCUT2D eigenvalue weighted by Gasteiger charge is 2.09. The number of rotatable bonds is 5. The van der Waals surface area contributed by atoms with Gasteiger partial charge in [-0.25, -0.2) is 9.78 Å². The molecule has 5 nitrogen and oxygen atoms in total. The Hall–Kier alpha value is -2.61. The van der Waals surface area contributed by atoms with Gasteiger partial charge in [0, 0.05) is 11.0 Å². The molecule has 3 rings (SSSR count). The summed E-state index contributed by atoms with van der Waals surface area (Å²) in [6.45, 7) is -2.88. The molecule has 0 spiro atoms. The fourth-order valence-corrected chi connectivity index (χ4v) is 2.77. The molecule has 1 heterocycles. The summed E-state index contributed by atoms with van der Waals surface area (Å²) in [5.41, 5.74) is 1.40. The van der Waals surface area contributed by atoms with E-state index in [1.165, 1.54) is 36.0 Å². The Kier molecular flexibility index (Phi) is 4.16. The van der Waals surface area contributed by atoms with Gasteiger partial charge in [-0.15, -0.1) is 0 Å². The van der Waals surface area contributed by atoms with E-state index in [0.717, 1.165) is 4.90 Å². The number of ether oxygens (including phenoxy) is 1. The molecule has 3 aromatic rings. The van der Waals surface area contributed by atoms with Gasteiger partial charge < -0.3 is 14.8 Å². The number of carboxylic acids is 1. The molecule has 0 atom stereocenters. The highest BCUT2D eigenvalue weighted by Crippen LogP contribution is 2.29. The zero-order chi connectivity index (χ0) is 16.4. The van der Waals surface area contributed by atoms with Gasteiger partial charge in [0.25, 0.3) is 0 Å². The molecule has 23 heavy (non-hydrogen) atoms. The fourth-order valence-electron chi connectivity index (χ4n) is 1.97. The lowest BCUT2D eigenvalue weighted by atomic mass is 10.2. The average Bonchev–Trinajstić information content (AvgIpc) is 2.88. The standard InChI is InChI=1S/C15H10F2N2O3S/c16-14(17)22-9-3-6-11-12(7-9)19-15(18-11)23-10-4-1-8(2-5-10)13(20)21/h1-7,14H,(H,18,19)(H,20,21). The van der Waals surface area contributed by atoms with Gasteiger partial charge in [-0.3, -0.25) is 0 Å². The van der Waals surface area contributed by atoms with Crippen molar-refractivity contribution in [1.29, 1.82) is 0 Å². The number of H-pyrrole nitrogens is 1. The monoisotopic (exact) mass is 336 g/mol. The van der Waals surface area contributed by atoms with Gasteiger partial charge in [-0.2, -0.15) is 8.78 Å². The van der Waals surface area contributed by atoms with E-state index in [0.29, 0.717) is 16.2 Å². The van der Waals surface area contributed by atoms with Crippen LogP contribution in [0.2, 0.25) is 0 Å². The topological polar surface area (TPSA) is 75.2 Å². The first-order valence-electron chi connectivity index (χ1n) is 6.47. The number of aromatic carboxylic acids is 1. The number of carbonyl (C=O) groups is 1. The summed E-state index contributed by atoms with van der Waals surface area (Å²) in [5.74, 6) is -0.935. The first-order chi connectivity index (χ1) is 11.0. The Morgan fingerprint density at radius 1 is 1.22 bits per heavy atom. The number of imidazole rings is 1. The summed E-state index contributed by atoms with van der Waals surface area (Å²) in [6, 6.07) is 10.8. The number of halogens is 2. The summed E-state index contributed by atoms with van der Waals surface area (Å²) in [6.07, 6.45) is 0. The fraction of sp³-hybridized carbons (Fsp3) is 0.0667. The smallest absolute Gasteiger partial charge is 0.387 e. The quantitative estimate of drug-likeness (QED) is 0.736. The summed E-state index contributed by atoms with van der Waals surface area (Å²) in [5, 5.41) is 9.43. The average molecular weight is 336 g/mol. The second-order valence-electron chi connectivity index (χ2n) is 4.53. The summed E-state index contributed by atoms with van der Waals surface area (Å²) in [7, 11) is 0. The molecule has 0 saturated heterocycles. The lowest BCUT2D eigenvalue weighted by Gasteiger charge is -2.02. The van der Waals surface area contributed by atoms with Crippen molar-refractivity contribution in [2.24, 2.45) is 0 Å². The van der Waals surface area contributed by atoms with E-state index in [-0.39, 0.29) is 11.3 Å². The molecule has 1 aromatic heterocycles. The molecule has 0 aliphatic carbocycles. The third-order valence-corrected chi connectivity index (χ3v) is 3.87. The summed E-state index contributed by atoms with van der Waals surface area (Å²) >= 11 is 1.30. The normalized spacial score (nSPS) is 11.1. The number of fused-ring (bicyclic) bond motifs is 1. The van der Waals surface area contributed by atoms with Gasteiger partial charge in [0.05, 0.1) is 16.6 Å². The van der Waals surface area contributed by atoms with E-state index in [1.54, 1.807) is 18.2 Å². The molecule has 2 N–H and O–H groups in total. The van der Waals surface area contributed by atoms with Crippen LogP contribution >= 0.6 is 11.8 Å². The number of nitrogens with zero attached hydrogens (tertiary/aromatic N) is 1. The number of hydrogen-bond acceptors (Lipinski definition) is 4. The maximum atomic E-state index is 12.2. The van der Waals surface area contributed by atoms with Gasteiger partial charge in [0.2, 0.25) is 0 Å². The number of nitrogens with one attached hydrogen (secondary N) is 1. The Bertz CT molecular complexity index is 850. The van der Waals surface area contributed by atoms with Gasteiger partial charge >= 0.3 is 12.6 Å². The molecule has 0 saturated carbocycles. The van der Waals surface area contributed by atoms with Crippen LogP contribution in [0.3, 0.4) is 0 Å². The molecule has 8 heteroatoms. The summed E-state index contributed by atoms with van der Waals surface area (Å²) in [4.78, 5) is 18.9. The van der Waals surface area contributed by atoms with Gasteiger partial charge in [0.15, 0.2) is 5.16 Å². The molecular weight excluding hydrogens is 326 g/mol. The predicted molar refractivity (Wildman–Crippen MR) is 80.3 cm³/mol. The van der Waals surface area contributed by atoms with Crippen LogP contribution in [0.15, 0.2) is 52.5 Å². The van der Waals surface area contributed by atoms with E-state index in [1.807, 2.05) is 0 Å². The molecule has 0 aliphatic heterocycles. The summed E-state index contributed by atoms with van der Waals surface area (Å²) < 4.78 is 28.8. The second kappa shape index (κ2) is 6.25. The van der Waals surface area contributed by atoms with Crippen molar-refractivity contribution in [2.75, 3.05) is 0 Å². The van der Waals surface area contributed by atoms with Gasteiger partial charge in [-0.05, 0) is 36.4 Å². The maximum absolute atomic E-state index is 12.2. The molecule has 118 valence electrons. The molecule has 0 radical (unpaired) electrons. The van der Waals surface area contributed by atoms with Crippen LogP contribution in [-0.4, -0.2) is 27.7 Å². The SMILES string of the molecule is O=C(O)c1ccc(Sc2nc3ccc(OC(F)F)cc3[nH]2)cc1. The van der Waals surface area contributed by atoms with E-state index >= 15 is 0 Å². The van der Waals surface area contributed by atoms with Crippen LogP contribution in [0.4, 0.5) is 8.78 Å². The van der Waals surface area contributed by atoms with Crippen molar-refractivity contribution in [2.45, 2.75) is 16.7 Å². The predicted octanol–water partition coefficient (Wildman–Crippen LogP) is 4.01. The third-order valence-electron chi connectivity index (χ3n) is 2.97. The molecule has 0 bridgehead atoms. The number of aromatic nitrogens is 2. The Labute approximate surface area is 133 Å². The number of carboxylic acid groups (broad SMARTS) is 1.